The molecule has 118 valence electrons. The number of rotatable bonds is 5. The van der Waals surface area contributed by atoms with Gasteiger partial charge >= 0.3 is 11.7 Å². The number of benzene rings is 1. The van der Waals surface area contributed by atoms with Crippen molar-refractivity contribution in [2.24, 2.45) is 7.05 Å². The molecule has 0 spiro atoms. The molecule has 3 aromatic rings. The van der Waals surface area contributed by atoms with Crippen molar-refractivity contribution in [2.75, 3.05) is 7.11 Å². The second-order valence-electron chi connectivity index (χ2n) is 4.46. The molecule has 0 aliphatic heterocycles. The van der Waals surface area contributed by atoms with Crippen LogP contribution in [-0.2, 0) is 13.7 Å². The summed E-state index contributed by atoms with van der Waals surface area (Å²) in [5.41, 5.74) is 0.759. The predicted octanol–water partition coefficient (Wildman–Crippen LogP) is -0.261. The number of aryl methyl sites for hydroxylation is 1. The molecule has 0 N–H and O–H groups in total. The highest BCUT2D eigenvalue weighted by molar-refractivity contribution is 5.48. The molecule has 10 heteroatoms. The summed E-state index contributed by atoms with van der Waals surface area (Å²) in [5, 5.41) is 7.55. The Balaban J connectivity index is 2.00. The van der Waals surface area contributed by atoms with Crippen LogP contribution in [0.4, 0.5) is 0 Å². The van der Waals surface area contributed by atoms with Crippen LogP contribution < -0.4 is 15.2 Å². The maximum absolute atomic E-state index is 12.1. The van der Waals surface area contributed by atoms with Gasteiger partial charge in [0, 0.05) is 7.05 Å². The minimum Gasteiger partial charge on any atom is -0.496 e. The van der Waals surface area contributed by atoms with Crippen molar-refractivity contribution in [3.05, 3.63) is 46.9 Å². The van der Waals surface area contributed by atoms with Crippen molar-refractivity contribution >= 4 is 0 Å². The van der Waals surface area contributed by atoms with Crippen molar-refractivity contribution in [3.63, 3.8) is 0 Å². The van der Waals surface area contributed by atoms with Crippen LogP contribution in [0.2, 0.25) is 0 Å². The average Bonchev–Trinajstić information content (AvgIpc) is 2.92. The summed E-state index contributed by atoms with van der Waals surface area (Å²) in [6.07, 6.45) is 2.66. The Morgan fingerprint density at radius 3 is 2.61 bits per heavy atom. The third-order valence-corrected chi connectivity index (χ3v) is 3.09. The second kappa shape index (κ2) is 6.22. The molecule has 0 radical (unpaired) electrons. The van der Waals surface area contributed by atoms with Gasteiger partial charge in [-0.05, 0) is 22.6 Å². The standard InChI is InChI=1S/C13H13N7O3/c1-19-13(21)20(18-17-19)10-4-3-5-11(22-2)9(10)6-23-12-15-7-14-8-16-12/h3-5,7-8H,6H2,1-2H3. The van der Waals surface area contributed by atoms with Crippen molar-refractivity contribution < 1.29 is 9.47 Å². The van der Waals surface area contributed by atoms with E-state index in [1.807, 2.05) is 0 Å². The highest BCUT2D eigenvalue weighted by Crippen LogP contribution is 2.25. The number of nitrogens with zero attached hydrogens (tertiary/aromatic N) is 7. The summed E-state index contributed by atoms with van der Waals surface area (Å²) < 4.78 is 13.2. The Labute approximate surface area is 130 Å². The second-order valence-corrected chi connectivity index (χ2v) is 4.46. The van der Waals surface area contributed by atoms with Crippen LogP contribution >= 0.6 is 0 Å². The summed E-state index contributed by atoms with van der Waals surface area (Å²) in [6, 6.07) is 5.41. The van der Waals surface area contributed by atoms with Crippen molar-refractivity contribution in [2.45, 2.75) is 6.61 Å². The number of hydrogen-bond donors (Lipinski definition) is 0. The van der Waals surface area contributed by atoms with Crippen LogP contribution in [0.15, 0.2) is 35.6 Å². The van der Waals surface area contributed by atoms with Gasteiger partial charge in [0.15, 0.2) is 0 Å². The number of methoxy groups -OCH3 is 1. The summed E-state index contributed by atoms with van der Waals surface area (Å²) in [5.74, 6) is 0.550. The van der Waals surface area contributed by atoms with Crippen molar-refractivity contribution in [1.29, 1.82) is 0 Å². The summed E-state index contributed by atoms with van der Waals surface area (Å²) in [6.45, 7) is 0.0897. The summed E-state index contributed by atoms with van der Waals surface area (Å²) >= 11 is 0. The Morgan fingerprint density at radius 2 is 1.96 bits per heavy atom. The normalized spacial score (nSPS) is 10.5. The largest absolute Gasteiger partial charge is 0.496 e. The number of ether oxygens (including phenoxy) is 2. The lowest BCUT2D eigenvalue weighted by Gasteiger charge is -2.13. The maximum atomic E-state index is 12.1. The van der Waals surface area contributed by atoms with E-state index in [1.54, 1.807) is 18.2 Å². The van der Waals surface area contributed by atoms with E-state index in [4.69, 9.17) is 9.47 Å². The average molecular weight is 315 g/mol. The van der Waals surface area contributed by atoms with E-state index in [0.29, 0.717) is 17.0 Å². The van der Waals surface area contributed by atoms with E-state index >= 15 is 0 Å². The molecular formula is C13H13N7O3. The smallest absolute Gasteiger partial charge is 0.368 e. The van der Waals surface area contributed by atoms with Gasteiger partial charge in [0.2, 0.25) is 0 Å². The fourth-order valence-corrected chi connectivity index (χ4v) is 1.99. The van der Waals surface area contributed by atoms with Crippen LogP contribution in [0.25, 0.3) is 5.69 Å². The predicted molar refractivity (Wildman–Crippen MR) is 77.3 cm³/mol. The molecule has 3 rings (SSSR count). The molecule has 0 atom stereocenters. The topological polar surface area (TPSA) is 110 Å². The Kier molecular flexibility index (Phi) is 3.95. The monoisotopic (exact) mass is 315 g/mol. The first-order valence-corrected chi connectivity index (χ1v) is 6.60. The molecule has 0 saturated carbocycles. The van der Waals surface area contributed by atoms with Gasteiger partial charge < -0.3 is 9.47 Å². The van der Waals surface area contributed by atoms with Gasteiger partial charge in [-0.1, -0.05) is 6.07 Å². The molecule has 2 aromatic heterocycles. The lowest BCUT2D eigenvalue weighted by Crippen LogP contribution is -2.23. The van der Waals surface area contributed by atoms with E-state index in [-0.39, 0.29) is 18.3 Å². The zero-order chi connectivity index (χ0) is 16.2. The molecule has 2 heterocycles. The fourth-order valence-electron chi connectivity index (χ4n) is 1.99. The Bertz CT molecular complexity index is 860. The van der Waals surface area contributed by atoms with Crippen LogP contribution in [0, 0.1) is 0 Å². The molecule has 10 nitrogen and oxygen atoms in total. The summed E-state index contributed by atoms with van der Waals surface area (Å²) in [4.78, 5) is 23.6. The van der Waals surface area contributed by atoms with E-state index in [9.17, 15) is 4.79 Å². The third kappa shape index (κ3) is 2.86. The van der Waals surface area contributed by atoms with Gasteiger partial charge in [0.1, 0.15) is 25.0 Å². The molecule has 0 amide bonds. The van der Waals surface area contributed by atoms with Crippen LogP contribution in [0.5, 0.6) is 11.8 Å². The molecule has 0 aliphatic carbocycles. The lowest BCUT2D eigenvalue weighted by molar-refractivity contribution is 0.272. The lowest BCUT2D eigenvalue weighted by atomic mass is 10.1. The molecule has 0 unspecified atom stereocenters. The summed E-state index contributed by atoms with van der Waals surface area (Å²) in [7, 11) is 3.05. The number of tetrazole rings is 1. The zero-order valence-electron chi connectivity index (χ0n) is 12.4. The van der Waals surface area contributed by atoms with E-state index < -0.39 is 0 Å². The number of hydrogen-bond acceptors (Lipinski definition) is 8. The van der Waals surface area contributed by atoms with Crippen LogP contribution in [0.3, 0.4) is 0 Å². The minimum atomic E-state index is -0.375. The van der Waals surface area contributed by atoms with Crippen LogP contribution in [0.1, 0.15) is 5.56 Å². The first-order valence-electron chi connectivity index (χ1n) is 6.60. The van der Waals surface area contributed by atoms with Crippen molar-refractivity contribution in [1.82, 2.24) is 34.7 Å². The molecular weight excluding hydrogens is 302 g/mol. The molecule has 1 aromatic carbocycles. The maximum Gasteiger partial charge on any atom is 0.368 e. The Hall–Kier alpha value is -3.30. The first-order chi connectivity index (χ1) is 11.2. The Morgan fingerprint density at radius 1 is 1.17 bits per heavy atom. The van der Waals surface area contributed by atoms with E-state index in [0.717, 1.165) is 4.68 Å². The fraction of sp³-hybridized carbons (Fsp3) is 0.231. The van der Waals surface area contributed by atoms with Gasteiger partial charge in [-0.3, -0.25) is 0 Å². The van der Waals surface area contributed by atoms with Crippen molar-refractivity contribution in [3.8, 4) is 17.4 Å². The molecule has 0 saturated heterocycles. The molecule has 23 heavy (non-hydrogen) atoms. The zero-order valence-corrected chi connectivity index (χ0v) is 12.4. The van der Waals surface area contributed by atoms with Gasteiger partial charge in [-0.2, -0.15) is 19.3 Å². The number of aromatic nitrogens is 7. The van der Waals surface area contributed by atoms with Gasteiger partial charge in [-0.25, -0.2) is 9.78 Å². The first kappa shape index (κ1) is 14.6. The third-order valence-electron chi connectivity index (χ3n) is 3.09. The van der Waals surface area contributed by atoms with Gasteiger partial charge in [-0.15, -0.1) is 0 Å². The van der Waals surface area contributed by atoms with E-state index in [2.05, 4.69) is 25.4 Å². The highest BCUT2D eigenvalue weighted by atomic mass is 16.5. The highest BCUT2D eigenvalue weighted by Gasteiger charge is 2.16. The van der Waals surface area contributed by atoms with Gasteiger partial charge in [0.05, 0.1) is 18.4 Å². The SMILES string of the molecule is COc1cccc(-n2nnn(C)c2=O)c1COc1ncncn1. The quantitative estimate of drug-likeness (QED) is 0.633. The van der Waals surface area contributed by atoms with Crippen LogP contribution in [-0.4, -0.2) is 41.9 Å². The van der Waals surface area contributed by atoms with Gasteiger partial charge in [0.25, 0.3) is 0 Å². The minimum absolute atomic E-state index is 0.0897. The van der Waals surface area contributed by atoms with E-state index in [1.165, 1.54) is 31.5 Å². The molecule has 0 bridgehead atoms. The molecule has 0 fully saturated rings. The molecule has 0 aliphatic rings.